The van der Waals surface area contributed by atoms with Crippen molar-refractivity contribution in [1.82, 2.24) is 0 Å². The van der Waals surface area contributed by atoms with Gasteiger partial charge in [0.2, 0.25) is 0 Å². The van der Waals surface area contributed by atoms with Crippen LogP contribution in [0.1, 0.15) is 63.8 Å². The molecule has 0 aromatic heterocycles. The van der Waals surface area contributed by atoms with E-state index in [0.29, 0.717) is 0 Å². The molecular weight excluding hydrogens is 653 g/mol. The first-order valence-electron chi connectivity index (χ1n) is 19.1. The van der Waals surface area contributed by atoms with Crippen LogP contribution < -0.4 is 9.80 Å². The summed E-state index contributed by atoms with van der Waals surface area (Å²) in [6.45, 7) is 17.8. The van der Waals surface area contributed by atoms with Gasteiger partial charge < -0.3 is 9.80 Å². The van der Waals surface area contributed by atoms with E-state index < -0.39 is 0 Å². The maximum absolute atomic E-state index is 2.34. The molecule has 0 radical (unpaired) electrons. The van der Waals surface area contributed by atoms with Crippen LogP contribution in [0.4, 0.5) is 34.1 Å². The predicted molar refractivity (Wildman–Crippen MR) is 234 cm³/mol. The summed E-state index contributed by atoms with van der Waals surface area (Å²) in [4.78, 5) is 4.68. The number of nitrogens with zero attached hydrogens (tertiary/aromatic N) is 2. The first kappa shape index (κ1) is 36.5. The maximum atomic E-state index is 2.34. The average Bonchev–Trinajstić information content (AvgIpc) is 3.17. The summed E-state index contributed by atoms with van der Waals surface area (Å²) in [7, 11) is 0. The molecule has 0 amide bonds. The van der Waals surface area contributed by atoms with Crippen molar-refractivity contribution >= 4 is 34.1 Å². The molecule has 54 heavy (non-hydrogen) atoms. The van der Waals surface area contributed by atoms with Gasteiger partial charge in [0.15, 0.2) is 0 Å². The van der Waals surface area contributed by atoms with Gasteiger partial charge in [0.1, 0.15) is 0 Å². The monoisotopic (exact) mass is 704 g/mol. The molecular formula is C52H52N2. The van der Waals surface area contributed by atoms with Crippen molar-refractivity contribution in [1.29, 1.82) is 0 Å². The van der Waals surface area contributed by atoms with Gasteiger partial charge in [-0.25, -0.2) is 0 Å². The van der Waals surface area contributed by atoms with E-state index in [1.165, 1.54) is 44.5 Å². The highest BCUT2D eigenvalue weighted by Crippen LogP contribution is 2.40. The van der Waals surface area contributed by atoms with Crippen molar-refractivity contribution in [2.45, 2.75) is 66.2 Å². The second kappa shape index (κ2) is 14.9. The molecule has 0 saturated heterocycles. The third-order valence-corrected chi connectivity index (χ3v) is 10.4. The molecule has 2 heteroatoms. The Labute approximate surface area is 323 Å². The number of hydrogen-bond acceptors (Lipinski definition) is 2. The zero-order valence-corrected chi connectivity index (χ0v) is 33.1. The SMILES string of the molecule is Cc1ccc(N(c2ccc(-c3ccc(C(C)(C)C)cc3)cc2)c2ccc(N(c3ccc(C)cc3)c3ccc(-c4ccc(C(C)(C)C)cc4)cc3)cc2)cc1. The van der Waals surface area contributed by atoms with Crippen molar-refractivity contribution in [3.05, 3.63) is 192 Å². The lowest BCUT2D eigenvalue weighted by atomic mass is 9.86. The third kappa shape index (κ3) is 8.04. The molecule has 0 bridgehead atoms. The Morgan fingerprint density at radius 1 is 0.259 bits per heavy atom. The summed E-state index contributed by atoms with van der Waals surface area (Å²) < 4.78 is 0. The van der Waals surface area contributed by atoms with Gasteiger partial charge in [0, 0.05) is 34.1 Å². The summed E-state index contributed by atoms with van der Waals surface area (Å²) in [5.41, 5.74) is 17.0. The Morgan fingerprint density at radius 3 is 0.667 bits per heavy atom. The second-order valence-corrected chi connectivity index (χ2v) is 16.6. The van der Waals surface area contributed by atoms with Gasteiger partial charge in [-0.1, -0.05) is 150 Å². The van der Waals surface area contributed by atoms with E-state index in [0.717, 1.165) is 34.1 Å². The van der Waals surface area contributed by atoms with Crippen molar-refractivity contribution in [3.63, 3.8) is 0 Å². The molecule has 270 valence electrons. The minimum Gasteiger partial charge on any atom is -0.311 e. The summed E-state index contributed by atoms with van der Waals surface area (Å²) in [6, 6.07) is 62.4. The Morgan fingerprint density at radius 2 is 0.444 bits per heavy atom. The van der Waals surface area contributed by atoms with Crippen LogP contribution in [0.15, 0.2) is 170 Å². The highest BCUT2D eigenvalue weighted by Gasteiger charge is 2.18. The Balaban J connectivity index is 1.22. The zero-order chi connectivity index (χ0) is 38.0. The van der Waals surface area contributed by atoms with Gasteiger partial charge in [0.25, 0.3) is 0 Å². The van der Waals surface area contributed by atoms with Gasteiger partial charge in [-0.05, 0) is 131 Å². The fraction of sp³-hybridized carbons (Fsp3) is 0.192. The zero-order valence-electron chi connectivity index (χ0n) is 33.1. The van der Waals surface area contributed by atoms with Crippen LogP contribution in [0, 0.1) is 13.8 Å². The van der Waals surface area contributed by atoms with E-state index in [9.17, 15) is 0 Å². The highest BCUT2D eigenvalue weighted by atomic mass is 15.2. The fourth-order valence-electron chi connectivity index (χ4n) is 6.96. The standard InChI is InChI=1S/C52H52N2/c1-37-9-25-45(26-10-37)53(47-29-17-41(18-30-47)39-13-21-43(22-14-39)51(3,4)5)49-33-35-50(36-34-49)54(46-27-11-38(2)12-28-46)48-31-19-42(20-32-48)40-15-23-44(24-16-40)52(6,7)8/h9-36H,1-8H3. The summed E-state index contributed by atoms with van der Waals surface area (Å²) >= 11 is 0. The third-order valence-electron chi connectivity index (χ3n) is 10.4. The van der Waals surface area contributed by atoms with Gasteiger partial charge >= 0.3 is 0 Å². The van der Waals surface area contributed by atoms with Crippen molar-refractivity contribution in [3.8, 4) is 22.3 Å². The van der Waals surface area contributed by atoms with E-state index in [1.54, 1.807) is 0 Å². The van der Waals surface area contributed by atoms with Crippen LogP contribution >= 0.6 is 0 Å². The molecule has 0 fully saturated rings. The molecule has 0 heterocycles. The van der Waals surface area contributed by atoms with E-state index in [4.69, 9.17) is 0 Å². The van der Waals surface area contributed by atoms with Crippen LogP contribution in [-0.4, -0.2) is 0 Å². The summed E-state index contributed by atoms with van der Waals surface area (Å²) in [6.07, 6.45) is 0. The molecule has 0 spiro atoms. The molecule has 0 aliphatic carbocycles. The van der Waals surface area contributed by atoms with E-state index in [-0.39, 0.29) is 10.8 Å². The van der Waals surface area contributed by atoms with Gasteiger partial charge in [-0.15, -0.1) is 0 Å². The molecule has 2 nitrogen and oxygen atoms in total. The molecule has 0 N–H and O–H groups in total. The molecule has 0 saturated carbocycles. The van der Waals surface area contributed by atoms with Gasteiger partial charge in [0.05, 0.1) is 0 Å². The Bertz CT molecular complexity index is 2110. The van der Waals surface area contributed by atoms with Crippen LogP contribution in [0.2, 0.25) is 0 Å². The lowest BCUT2D eigenvalue weighted by molar-refractivity contribution is 0.590. The molecule has 7 aromatic carbocycles. The van der Waals surface area contributed by atoms with Crippen LogP contribution in [0.3, 0.4) is 0 Å². The Hall–Kier alpha value is -5.86. The smallest absolute Gasteiger partial charge is 0.0463 e. The first-order valence-corrected chi connectivity index (χ1v) is 19.1. The van der Waals surface area contributed by atoms with E-state index >= 15 is 0 Å². The van der Waals surface area contributed by atoms with Gasteiger partial charge in [-0.3, -0.25) is 0 Å². The number of anilines is 6. The highest BCUT2D eigenvalue weighted by molar-refractivity contribution is 5.82. The molecule has 0 unspecified atom stereocenters. The van der Waals surface area contributed by atoms with Crippen molar-refractivity contribution in [2.75, 3.05) is 9.80 Å². The number of benzene rings is 7. The quantitative estimate of drug-likeness (QED) is 0.155. The molecule has 0 aliphatic rings. The maximum Gasteiger partial charge on any atom is 0.0463 e. The van der Waals surface area contributed by atoms with Crippen LogP contribution in [0.5, 0.6) is 0 Å². The summed E-state index contributed by atoms with van der Waals surface area (Å²) in [5.74, 6) is 0. The van der Waals surface area contributed by atoms with Gasteiger partial charge in [-0.2, -0.15) is 0 Å². The lowest BCUT2D eigenvalue weighted by Crippen LogP contribution is -2.12. The second-order valence-electron chi connectivity index (χ2n) is 16.6. The van der Waals surface area contributed by atoms with Crippen molar-refractivity contribution in [2.24, 2.45) is 0 Å². The topological polar surface area (TPSA) is 6.48 Å². The number of hydrogen-bond donors (Lipinski definition) is 0. The van der Waals surface area contributed by atoms with Crippen molar-refractivity contribution < 1.29 is 0 Å². The van der Waals surface area contributed by atoms with E-state index in [2.05, 4.69) is 235 Å². The minimum atomic E-state index is 0.133. The molecule has 0 atom stereocenters. The average molecular weight is 705 g/mol. The minimum absolute atomic E-state index is 0.133. The number of aryl methyl sites for hydroxylation is 2. The number of rotatable bonds is 8. The summed E-state index contributed by atoms with van der Waals surface area (Å²) in [5, 5.41) is 0. The predicted octanol–water partition coefficient (Wildman–Crippen LogP) is 15.2. The largest absolute Gasteiger partial charge is 0.311 e. The fourth-order valence-corrected chi connectivity index (χ4v) is 6.96. The lowest BCUT2D eigenvalue weighted by Gasteiger charge is -2.28. The Kier molecular flexibility index (Phi) is 10.1. The molecule has 7 aromatic rings. The van der Waals surface area contributed by atoms with Crippen LogP contribution in [0.25, 0.3) is 22.3 Å². The van der Waals surface area contributed by atoms with E-state index in [1.807, 2.05) is 0 Å². The van der Waals surface area contributed by atoms with Crippen LogP contribution in [-0.2, 0) is 10.8 Å². The molecule has 0 aliphatic heterocycles. The first-order chi connectivity index (χ1) is 25.8. The molecule has 7 rings (SSSR count). The normalized spacial score (nSPS) is 11.7.